The Labute approximate surface area is 184 Å². The Morgan fingerprint density at radius 1 is 1.03 bits per heavy atom. The van der Waals surface area contributed by atoms with Gasteiger partial charge in [-0.2, -0.15) is 0 Å². The maximum Gasteiger partial charge on any atom is 0.338 e. The lowest BCUT2D eigenvalue weighted by atomic mass is 10.1. The molecule has 0 spiro atoms. The first-order chi connectivity index (χ1) is 14.5. The number of nitrogens with zero attached hydrogens (tertiary/aromatic N) is 1. The molecule has 31 heavy (non-hydrogen) atoms. The zero-order valence-electron chi connectivity index (χ0n) is 18.9. The summed E-state index contributed by atoms with van der Waals surface area (Å²) in [6, 6.07) is 9.34. The molecule has 2 aromatic rings. The monoisotopic (exact) mass is 446 g/mol. The fourth-order valence-corrected chi connectivity index (χ4v) is 4.69. The van der Waals surface area contributed by atoms with Crippen molar-refractivity contribution >= 4 is 33.3 Å². The van der Waals surface area contributed by atoms with Gasteiger partial charge in [-0.15, -0.1) is 0 Å². The van der Waals surface area contributed by atoms with Crippen molar-refractivity contribution in [3.05, 3.63) is 58.7 Å². The molecule has 0 aliphatic carbocycles. The van der Waals surface area contributed by atoms with Gasteiger partial charge in [-0.05, 0) is 81.1 Å². The molecular formula is C23H30N2O5S. The number of carbonyl (C=O) groups excluding carboxylic acids is 2. The SMILES string of the molecule is CCOC(=O)c1ccc(NC(=O)[C@H](CC)N(c2cc(C)cc(C)c2)S(C)(=O)=O)c(C)c1. The van der Waals surface area contributed by atoms with Crippen LogP contribution in [0.4, 0.5) is 11.4 Å². The lowest BCUT2D eigenvalue weighted by Crippen LogP contribution is -2.47. The first-order valence-corrected chi connectivity index (χ1v) is 12.0. The van der Waals surface area contributed by atoms with Gasteiger partial charge in [0.2, 0.25) is 15.9 Å². The molecule has 0 fully saturated rings. The number of carbonyl (C=O) groups is 2. The summed E-state index contributed by atoms with van der Waals surface area (Å²) in [5.74, 6) is -0.882. The summed E-state index contributed by atoms with van der Waals surface area (Å²) in [6.07, 6.45) is 1.38. The van der Waals surface area contributed by atoms with E-state index in [9.17, 15) is 18.0 Å². The van der Waals surface area contributed by atoms with Crippen molar-refractivity contribution in [2.45, 2.75) is 47.1 Å². The van der Waals surface area contributed by atoms with Crippen LogP contribution in [0, 0.1) is 20.8 Å². The second-order valence-corrected chi connectivity index (χ2v) is 9.43. The summed E-state index contributed by atoms with van der Waals surface area (Å²) in [7, 11) is -3.72. The molecule has 1 N–H and O–H groups in total. The lowest BCUT2D eigenvalue weighted by Gasteiger charge is -2.30. The second-order valence-electron chi connectivity index (χ2n) is 7.57. The second kappa shape index (κ2) is 9.96. The zero-order valence-corrected chi connectivity index (χ0v) is 19.7. The van der Waals surface area contributed by atoms with Crippen LogP contribution < -0.4 is 9.62 Å². The van der Waals surface area contributed by atoms with Gasteiger partial charge in [0, 0.05) is 5.69 Å². The molecule has 0 bridgehead atoms. The van der Waals surface area contributed by atoms with Crippen molar-refractivity contribution in [2.75, 3.05) is 22.5 Å². The number of benzene rings is 2. The average molecular weight is 447 g/mol. The minimum Gasteiger partial charge on any atom is -0.462 e. The quantitative estimate of drug-likeness (QED) is 0.620. The molecule has 168 valence electrons. The van der Waals surface area contributed by atoms with Gasteiger partial charge in [0.05, 0.1) is 24.1 Å². The van der Waals surface area contributed by atoms with Crippen LogP contribution in [0.1, 0.15) is 47.3 Å². The van der Waals surface area contributed by atoms with Crippen molar-refractivity contribution in [2.24, 2.45) is 0 Å². The van der Waals surface area contributed by atoms with Crippen LogP contribution in [0.5, 0.6) is 0 Å². The summed E-state index contributed by atoms with van der Waals surface area (Å²) in [5, 5.41) is 2.81. The number of aryl methyl sites for hydroxylation is 3. The molecule has 0 aliphatic rings. The number of amides is 1. The number of sulfonamides is 1. The Hall–Kier alpha value is -2.87. The highest BCUT2D eigenvalue weighted by atomic mass is 32.2. The zero-order chi connectivity index (χ0) is 23.3. The van der Waals surface area contributed by atoms with E-state index >= 15 is 0 Å². The van der Waals surface area contributed by atoms with Crippen LogP contribution in [0.2, 0.25) is 0 Å². The van der Waals surface area contributed by atoms with Crippen LogP contribution in [-0.2, 0) is 19.6 Å². The van der Waals surface area contributed by atoms with Crippen LogP contribution >= 0.6 is 0 Å². The number of esters is 1. The van der Waals surface area contributed by atoms with Gasteiger partial charge >= 0.3 is 5.97 Å². The van der Waals surface area contributed by atoms with Crippen LogP contribution in [-0.4, -0.2) is 39.2 Å². The van der Waals surface area contributed by atoms with Crippen molar-refractivity contribution in [1.82, 2.24) is 0 Å². The largest absolute Gasteiger partial charge is 0.462 e. The van der Waals surface area contributed by atoms with Gasteiger partial charge in [-0.1, -0.05) is 13.0 Å². The Morgan fingerprint density at radius 2 is 1.65 bits per heavy atom. The lowest BCUT2D eigenvalue weighted by molar-refractivity contribution is -0.117. The highest BCUT2D eigenvalue weighted by Gasteiger charge is 2.32. The van der Waals surface area contributed by atoms with Crippen molar-refractivity contribution in [3.63, 3.8) is 0 Å². The number of anilines is 2. The van der Waals surface area contributed by atoms with E-state index in [2.05, 4.69) is 5.32 Å². The minimum atomic E-state index is -3.72. The predicted octanol–water partition coefficient (Wildman–Crippen LogP) is 3.97. The number of hydrogen-bond acceptors (Lipinski definition) is 5. The normalized spacial score (nSPS) is 12.2. The highest BCUT2D eigenvalue weighted by Crippen LogP contribution is 2.26. The number of hydrogen-bond donors (Lipinski definition) is 1. The van der Waals surface area contributed by atoms with Crippen molar-refractivity contribution in [3.8, 4) is 0 Å². The molecule has 7 nitrogen and oxygen atoms in total. The van der Waals surface area contributed by atoms with Gasteiger partial charge in [0.15, 0.2) is 0 Å². The van der Waals surface area contributed by atoms with Gasteiger partial charge in [-0.25, -0.2) is 13.2 Å². The highest BCUT2D eigenvalue weighted by molar-refractivity contribution is 7.92. The third-order valence-corrected chi connectivity index (χ3v) is 5.97. The Balaban J connectivity index is 2.37. The van der Waals surface area contributed by atoms with Crippen LogP contribution in [0.15, 0.2) is 36.4 Å². The van der Waals surface area contributed by atoms with Crippen LogP contribution in [0.3, 0.4) is 0 Å². The number of rotatable bonds is 8. The maximum absolute atomic E-state index is 13.1. The fraction of sp³-hybridized carbons (Fsp3) is 0.391. The standard InChI is InChI=1S/C23H30N2O5S/c1-7-21(25(31(6,28)29)19-12-15(3)11-16(4)13-19)22(26)24-20-10-9-18(14-17(20)5)23(27)30-8-2/h9-14,21H,7-8H2,1-6H3,(H,24,26)/t21-/m0/s1. The predicted molar refractivity (Wildman–Crippen MR) is 123 cm³/mol. The van der Waals surface area contributed by atoms with E-state index in [0.717, 1.165) is 17.4 Å². The third-order valence-electron chi connectivity index (χ3n) is 4.79. The van der Waals surface area contributed by atoms with E-state index in [1.807, 2.05) is 19.9 Å². The Bertz CT molecular complexity index is 1060. The van der Waals surface area contributed by atoms with Crippen molar-refractivity contribution in [1.29, 1.82) is 0 Å². The molecule has 0 aromatic heterocycles. The summed E-state index contributed by atoms with van der Waals surface area (Å²) in [5.41, 5.74) is 3.83. The summed E-state index contributed by atoms with van der Waals surface area (Å²) in [6.45, 7) is 9.29. The maximum atomic E-state index is 13.1. The molecule has 0 heterocycles. The van der Waals surface area contributed by atoms with E-state index < -0.39 is 27.9 Å². The first kappa shape index (κ1) is 24.4. The molecule has 1 atom stereocenters. The summed E-state index contributed by atoms with van der Waals surface area (Å²) >= 11 is 0. The third kappa shape index (κ3) is 6.07. The number of ether oxygens (including phenoxy) is 1. The fourth-order valence-electron chi connectivity index (χ4n) is 3.50. The van der Waals surface area contributed by atoms with Crippen molar-refractivity contribution < 1.29 is 22.7 Å². The van der Waals surface area contributed by atoms with Gasteiger partial charge in [0.25, 0.3) is 0 Å². The van der Waals surface area contributed by atoms with Crippen LogP contribution in [0.25, 0.3) is 0 Å². The molecular weight excluding hydrogens is 416 g/mol. The topological polar surface area (TPSA) is 92.8 Å². The van der Waals surface area contributed by atoms with Gasteiger partial charge < -0.3 is 10.1 Å². The van der Waals surface area contributed by atoms with E-state index in [-0.39, 0.29) is 13.0 Å². The van der Waals surface area contributed by atoms with E-state index in [0.29, 0.717) is 22.5 Å². The smallest absolute Gasteiger partial charge is 0.338 e. The Morgan fingerprint density at radius 3 is 2.13 bits per heavy atom. The first-order valence-electron chi connectivity index (χ1n) is 10.1. The molecule has 2 rings (SSSR count). The van der Waals surface area contributed by atoms with E-state index in [1.165, 1.54) is 4.31 Å². The molecule has 0 radical (unpaired) electrons. The molecule has 0 unspecified atom stereocenters. The molecule has 8 heteroatoms. The average Bonchev–Trinajstić information content (AvgIpc) is 2.65. The number of nitrogens with one attached hydrogen (secondary N) is 1. The molecule has 0 aliphatic heterocycles. The van der Waals surface area contributed by atoms with Gasteiger partial charge in [-0.3, -0.25) is 9.10 Å². The molecule has 1 amide bonds. The summed E-state index contributed by atoms with van der Waals surface area (Å²) in [4.78, 5) is 25.1. The van der Waals surface area contributed by atoms with Gasteiger partial charge in [0.1, 0.15) is 6.04 Å². The van der Waals surface area contributed by atoms with E-state index in [4.69, 9.17) is 4.74 Å². The molecule has 0 saturated carbocycles. The summed E-state index contributed by atoms with van der Waals surface area (Å²) < 4.78 is 31.5. The molecule has 0 saturated heterocycles. The van der Waals surface area contributed by atoms with E-state index in [1.54, 1.807) is 51.1 Å². The Kier molecular flexibility index (Phi) is 7.84. The minimum absolute atomic E-state index is 0.272. The molecule has 2 aromatic carbocycles.